The summed E-state index contributed by atoms with van der Waals surface area (Å²) in [7, 11) is 0. The predicted molar refractivity (Wildman–Crippen MR) is 81.5 cm³/mol. The highest BCUT2D eigenvalue weighted by atomic mass is 32.2. The van der Waals surface area contributed by atoms with Crippen LogP contribution in [0.4, 0.5) is 11.4 Å². The largest absolute Gasteiger partial charge is 0.380 e. The van der Waals surface area contributed by atoms with Crippen molar-refractivity contribution < 1.29 is 4.92 Å². The van der Waals surface area contributed by atoms with E-state index in [1.165, 1.54) is 11.5 Å². The van der Waals surface area contributed by atoms with Crippen LogP contribution in [-0.4, -0.2) is 20.8 Å². The summed E-state index contributed by atoms with van der Waals surface area (Å²) in [5.74, 6) is 1.49. The van der Waals surface area contributed by atoms with Crippen molar-refractivity contribution in [1.82, 2.24) is 9.36 Å². The molecule has 1 aromatic carbocycles. The number of nitro groups is 1. The smallest absolute Gasteiger partial charge is 0.292 e. The van der Waals surface area contributed by atoms with Crippen LogP contribution in [0.25, 0.3) is 0 Å². The molecule has 0 amide bonds. The number of nitrogens with zero attached hydrogens (tertiary/aromatic N) is 3. The first kappa shape index (κ1) is 14.7. The Labute approximate surface area is 124 Å². The fourth-order valence-electron chi connectivity index (χ4n) is 1.65. The van der Waals surface area contributed by atoms with Crippen molar-refractivity contribution in [2.24, 2.45) is 0 Å². The minimum Gasteiger partial charge on any atom is -0.380 e. The molecule has 0 unspecified atom stereocenters. The van der Waals surface area contributed by atoms with Gasteiger partial charge in [0.25, 0.3) is 5.69 Å². The van der Waals surface area contributed by atoms with E-state index in [0.29, 0.717) is 18.0 Å². The number of hydrogen-bond acceptors (Lipinski definition) is 7. The Hall–Kier alpha value is -1.67. The van der Waals surface area contributed by atoms with E-state index in [4.69, 9.17) is 0 Å². The molecule has 2 rings (SSSR count). The lowest BCUT2D eigenvalue weighted by Crippen LogP contribution is -2.01. The first-order valence-corrected chi connectivity index (χ1v) is 7.80. The monoisotopic (exact) mass is 310 g/mol. The minimum atomic E-state index is -0.372. The number of rotatable bonds is 6. The topological polar surface area (TPSA) is 81.0 Å². The molecule has 6 nitrogen and oxygen atoms in total. The summed E-state index contributed by atoms with van der Waals surface area (Å²) < 4.78 is 5.03. The number of anilines is 1. The lowest BCUT2D eigenvalue weighted by molar-refractivity contribution is -0.384. The molecule has 106 valence electrons. The Morgan fingerprint density at radius 3 is 2.90 bits per heavy atom. The zero-order valence-corrected chi connectivity index (χ0v) is 12.8. The third-order valence-electron chi connectivity index (χ3n) is 2.50. The van der Waals surface area contributed by atoms with Crippen LogP contribution < -0.4 is 5.32 Å². The molecule has 2 aromatic rings. The zero-order valence-electron chi connectivity index (χ0n) is 11.1. The minimum absolute atomic E-state index is 0.104. The Morgan fingerprint density at radius 2 is 2.30 bits per heavy atom. The molecule has 0 aliphatic rings. The fraction of sp³-hybridized carbons (Fsp3) is 0.333. The van der Waals surface area contributed by atoms with Gasteiger partial charge >= 0.3 is 0 Å². The maximum atomic E-state index is 10.9. The van der Waals surface area contributed by atoms with Crippen LogP contribution >= 0.6 is 23.3 Å². The van der Waals surface area contributed by atoms with E-state index in [9.17, 15) is 10.1 Å². The second kappa shape index (κ2) is 6.67. The summed E-state index contributed by atoms with van der Waals surface area (Å²) >= 11 is 2.95. The summed E-state index contributed by atoms with van der Waals surface area (Å²) in [5, 5.41) is 14.0. The van der Waals surface area contributed by atoms with E-state index in [0.717, 1.165) is 15.7 Å². The van der Waals surface area contributed by atoms with Gasteiger partial charge in [0.2, 0.25) is 0 Å². The molecule has 0 fully saturated rings. The van der Waals surface area contributed by atoms with Crippen molar-refractivity contribution in [3.8, 4) is 0 Å². The van der Waals surface area contributed by atoms with Crippen LogP contribution in [0.5, 0.6) is 0 Å². The van der Waals surface area contributed by atoms with Gasteiger partial charge in [0, 0.05) is 18.4 Å². The third-order valence-corrected chi connectivity index (χ3v) is 4.49. The van der Waals surface area contributed by atoms with Gasteiger partial charge in [0.1, 0.15) is 11.5 Å². The second-order valence-electron chi connectivity index (χ2n) is 4.04. The van der Waals surface area contributed by atoms with Gasteiger partial charge in [0.15, 0.2) is 4.34 Å². The number of aryl methyl sites for hydroxylation is 1. The van der Waals surface area contributed by atoms with Crippen LogP contribution in [0.15, 0.2) is 22.5 Å². The van der Waals surface area contributed by atoms with Gasteiger partial charge in [-0.15, -0.1) is 0 Å². The lowest BCUT2D eigenvalue weighted by Gasteiger charge is -2.06. The molecule has 8 heteroatoms. The molecule has 0 aliphatic carbocycles. The molecule has 0 atom stereocenters. The normalized spacial score (nSPS) is 10.5. The highest BCUT2D eigenvalue weighted by molar-refractivity contribution is 8.00. The molecule has 20 heavy (non-hydrogen) atoms. The van der Waals surface area contributed by atoms with E-state index in [-0.39, 0.29) is 10.6 Å². The molecule has 1 heterocycles. The summed E-state index contributed by atoms with van der Waals surface area (Å²) in [6, 6.07) is 5.14. The Kier molecular flexibility index (Phi) is 4.91. The standard InChI is InChI=1S/C12H14N4O2S2/c1-3-13-10-6-9(4-5-11(10)16(17)18)7-19-12-14-8(2)15-20-12/h4-6,13H,3,7H2,1-2H3. The van der Waals surface area contributed by atoms with Gasteiger partial charge in [-0.2, -0.15) is 4.37 Å². The first-order chi connectivity index (χ1) is 9.60. The maximum absolute atomic E-state index is 10.9. The van der Waals surface area contributed by atoms with Crippen molar-refractivity contribution in [3.63, 3.8) is 0 Å². The Morgan fingerprint density at radius 1 is 1.50 bits per heavy atom. The van der Waals surface area contributed by atoms with E-state index in [1.54, 1.807) is 23.9 Å². The number of nitro benzene ring substituents is 1. The van der Waals surface area contributed by atoms with Gasteiger partial charge in [-0.25, -0.2) is 4.98 Å². The Bertz CT molecular complexity index is 615. The van der Waals surface area contributed by atoms with E-state index in [2.05, 4.69) is 14.7 Å². The molecule has 0 saturated heterocycles. The average molecular weight is 310 g/mol. The second-order valence-corrected chi connectivity index (χ2v) is 6.01. The van der Waals surface area contributed by atoms with Crippen molar-refractivity contribution in [2.75, 3.05) is 11.9 Å². The molecule has 0 saturated carbocycles. The number of thioether (sulfide) groups is 1. The van der Waals surface area contributed by atoms with Crippen LogP contribution in [0.2, 0.25) is 0 Å². The van der Waals surface area contributed by atoms with Crippen LogP contribution in [-0.2, 0) is 5.75 Å². The molecular formula is C12H14N4O2S2. The molecule has 1 N–H and O–H groups in total. The van der Waals surface area contributed by atoms with Crippen molar-refractivity contribution in [3.05, 3.63) is 39.7 Å². The van der Waals surface area contributed by atoms with E-state index < -0.39 is 0 Å². The maximum Gasteiger partial charge on any atom is 0.292 e. The van der Waals surface area contributed by atoms with Crippen molar-refractivity contribution >= 4 is 34.7 Å². The summed E-state index contributed by atoms with van der Waals surface area (Å²) in [6.07, 6.45) is 0. The van der Waals surface area contributed by atoms with Gasteiger partial charge in [-0.1, -0.05) is 17.8 Å². The molecule has 1 aromatic heterocycles. The quantitative estimate of drug-likeness (QED) is 0.500. The van der Waals surface area contributed by atoms with Gasteiger partial charge in [0.05, 0.1) is 4.92 Å². The molecular weight excluding hydrogens is 296 g/mol. The molecule has 0 spiro atoms. The van der Waals surface area contributed by atoms with Crippen LogP contribution in [0.3, 0.4) is 0 Å². The van der Waals surface area contributed by atoms with Gasteiger partial charge in [-0.05, 0) is 37.0 Å². The number of hydrogen-bond donors (Lipinski definition) is 1. The summed E-state index contributed by atoms with van der Waals surface area (Å²) in [5.41, 5.74) is 1.68. The van der Waals surface area contributed by atoms with Crippen molar-refractivity contribution in [2.45, 2.75) is 23.9 Å². The highest BCUT2D eigenvalue weighted by Crippen LogP contribution is 2.29. The summed E-state index contributed by atoms with van der Waals surface area (Å²) in [6.45, 7) is 4.41. The number of nitrogens with one attached hydrogen (secondary N) is 1. The van der Waals surface area contributed by atoms with E-state index >= 15 is 0 Å². The van der Waals surface area contributed by atoms with Crippen LogP contribution in [0.1, 0.15) is 18.3 Å². The fourth-order valence-corrected chi connectivity index (χ4v) is 3.24. The van der Waals surface area contributed by atoms with E-state index in [1.807, 2.05) is 19.9 Å². The lowest BCUT2D eigenvalue weighted by atomic mass is 10.2. The SMILES string of the molecule is CCNc1cc(CSc2nc(C)ns2)ccc1[N+](=O)[O-]. The van der Waals surface area contributed by atoms with Gasteiger partial charge < -0.3 is 5.32 Å². The summed E-state index contributed by atoms with van der Waals surface area (Å²) in [4.78, 5) is 14.8. The Balaban J connectivity index is 2.12. The number of benzene rings is 1. The molecule has 0 radical (unpaired) electrons. The highest BCUT2D eigenvalue weighted by Gasteiger charge is 2.13. The zero-order chi connectivity index (χ0) is 14.5. The van der Waals surface area contributed by atoms with Crippen molar-refractivity contribution in [1.29, 1.82) is 0 Å². The molecule has 0 bridgehead atoms. The molecule has 0 aliphatic heterocycles. The first-order valence-electron chi connectivity index (χ1n) is 6.04. The third kappa shape index (κ3) is 3.67. The average Bonchev–Trinajstić information content (AvgIpc) is 2.82. The number of aromatic nitrogens is 2. The van der Waals surface area contributed by atoms with Gasteiger partial charge in [-0.3, -0.25) is 10.1 Å². The predicted octanol–water partition coefficient (Wildman–Crippen LogP) is 3.48. The van der Waals surface area contributed by atoms with Crippen LogP contribution in [0, 0.1) is 17.0 Å².